The lowest BCUT2D eigenvalue weighted by Gasteiger charge is -2.06. The lowest BCUT2D eigenvalue weighted by molar-refractivity contribution is 0.103. The summed E-state index contributed by atoms with van der Waals surface area (Å²) in [5, 5.41) is 0. The zero-order valence-electron chi connectivity index (χ0n) is 9.27. The maximum absolute atomic E-state index is 12.0. The average Bonchev–Trinajstić information content (AvgIpc) is 2.78. The Balaban J connectivity index is 2.28. The molecular weight excluding hydrogens is 202 g/mol. The number of rotatable bonds is 3. The first-order valence-corrected chi connectivity index (χ1v) is 5.00. The van der Waals surface area contributed by atoms with Gasteiger partial charge >= 0.3 is 0 Å². The van der Waals surface area contributed by atoms with E-state index < -0.39 is 0 Å². The highest BCUT2D eigenvalue weighted by molar-refractivity contribution is 6.07. The number of nitrogens with one attached hydrogen (secondary N) is 1. The number of aromatic nitrogens is 2. The van der Waals surface area contributed by atoms with Crippen molar-refractivity contribution < 1.29 is 4.79 Å². The van der Waals surface area contributed by atoms with Crippen molar-refractivity contribution >= 4 is 11.7 Å². The van der Waals surface area contributed by atoms with Crippen LogP contribution in [0.25, 0.3) is 0 Å². The number of benzene rings is 1. The van der Waals surface area contributed by atoms with E-state index in [1.54, 1.807) is 18.3 Å². The van der Waals surface area contributed by atoms with Gasteiger partial charge in [-0.25, -0.2) is 4.98 Å². The zero-order valence-corrected chi connectivity index (χ0v) is 9.27. The number of ketones is 1. The van der Waals surface area contributed by atoms with Crippen molar-refractivity contribution in [1.82, 2.24) is 9.97 Å². The molecule has 0 aliphatic heterocycles. The van der Waals surface area contributed by atoms with Crippen molar-refractivity contribution in [1.29, 1.82) is 0 Å². The fourth-order valence-corrected chi connectivity index (χ4v) is 1.40. The van der Waals surface area contributed by atoms with Crippen molar-refractivity contribution in [3.05, 3.63) is 47.8 Å². The molecule has 0 saturated carbocycles. The number of hydrogen-bond acceptors (Lipinski definition) is 3. The van der Waals surface area contributed by atoms with Crippen LogP contribution in [0, 0.1) is 0 Å². The Morgan fingerprint density at radius 2 is 1.94 bits per heavy atom. The minimum Gasteiger partial charge on any atom is -0.349 e. The third-order valence-corrected chi connectivity index (χ3v) is 2.27. The van der Waals surface area contributed by atoms with Gasteiger partial charge < -0.3 is 9.88 Å². The van der Waals surface area contributed by atoms with Crippen LogP contribution in [0.15, 0.2) is 36.5 Å². The van der Waals surface area contributed by atoms with E-state index in [1.165, 1.54) is 0 Å². The Hall–Kier alpha value is -2.10. The van der Waals surface area contributed by atoms with Gasteiger partial charge in [-0.15, -0.1) is 0 Å². The number of hydrogen-bond donors (Lipinski definition) is 1. The molecule has 82 valence electrons. The lowest BCUT2D eigenvalue weighted by atomic mass is 10.1. The number of anilines is 1. The SMILES string of the molecule is CN(C)c1ncc(C(=O)c2ccccc2)[nH]1. The minimum absolute atomic E-state index is 0.0406. The highest BCUT2D eigenvalue weighted by Gasteiger charge is 2.12. The summed E-state index contributed by atoms with van der Waals surface area (Å²) < 4.78 is 0. The van der Waals surface area contributed by atoms with Crippen LogP contribution in [-0.2, 0) is 0 Å². The molecule has 0 amide bonds. The van der Waals surface area contributed by atoms with E-state index in [-0.39, 0.29) is 5.78 Å². The lowest BCUT2D eigenvalue weighted by Crippen LogP contribution is -2.10. The molecule has 0 radical (unpaired) electrons. The van der Waals surface area contributed by atoms with Gasteiger partial charge in [-0.1, -0.05) is 30.3 Å². The van der Waals surface area contributed by atoms with Crippen LogP contribution >= 0.6 is 0 Å². The van der Waals surface area contributed by atoms with Crippen molar-refractivity contribution in [2.24, 2.45) is 0 Å². The molecule has 0 saturated heterocycles. The van der Waals surface area contributed by atoms with E-state index in [0.29, 0.717) is 17.2 Å². The van der Waals surface area contributed by atoms with Crippen LogP contribution in [0.2, 0.25) is 0 Å². The van der Waals surface area contributed by atoms with Gasteiger partial charge in [0, 0.05) is 19.7 Å². The van der Waals surface area contributed by atoms with Crippen LogP contribution in [0.3, 0.4) is 0 Å². The van der Waals surface area contributed by atoms with E-state index >= 15 is 0 Å². The monoisotopic (exact) mass is 215 g/mol. The highest BCUT2D eigenvalue weighted by Crippen LogP contribution is 2.10. The van der Waals surface area contributed by atoms with Gasteiger partial charge in [-0.3, -0.25) is 4.79 Å². The standard InChI is InChI=1S/C12H13N3O/c1-15(2)12-13-8-10(14-12)11(16)9-6-4-3-5-7-9/h3-8H,1-2H3,(H,13,14). The summed E-state index contributed by atoms with van der Waals surface area (Å²) in [4.78, 5) is 20.9. The molecule has 0 bridgehead atoms. The second kappa shape index (κ2) is 4.18. The quantitative estimate of drug-likeness (QED) is 0.793. The van der Waals surface area contributed by atoms with Gasteiger partial charge in [0.1, 0.15) is 5.69 Å². The van der Waals surface area contributed by atoms with Gasteiger partial charge in [-0.2, -0.15) is 0 Å². The molecule has 0 fully saturated rings. The smallest absolute Gasteiger partial charge is 0.210 e. The van der Waals surface area contributed by atoms with E-state index in [1.807, 2.05) is 37.2 Å². The molecule has 1 aromatic heterocycles. The first kappa shape index (κ1) is 10.4. The molecular formula is C12H13N3O. The van der Waals surface area contributed by atoms with Crippen molar-refractivity contribution in [2.45, 2.75) is 0 Å². The van der Waals surface area contributed by atoms with Crippen LogP contribution < -0.4 is 4.90 Å². The predicted octanol–water partition coefficient (Wildman–Crippen LogP) is 1.71. The maximum Gasteiger partial charge on any atom is 0.210 e. The molecule has 0 aliphatic rings. The summed E-state index contributed by atoms with van der Waals surface area (Å²) in [6.07, 6.45) is 1.56. The van der Waals surface area contributed by atoms with Gasteiger partial charge in [0.15, 0.2) is 0 Å². The first-order chi connectivity index (χ1) is 7.68. The first-order valence-electron chi connectivity index (χ1n) is 5.00. The Morgan fingerprint density at radius 1 is 1.25 bits per heavy atom. The third-order valence-electron chi connectivity index (χ3n) is 2.27. The molecule has 16 heavy (non-hydrogen) atoms. The molecule has 0 atom stereocenters. The Labute approximate surface area is 93.9 Å². The van der Waals surface area contributed by atoms with E-state index in [4.69, 9.17) is 0 Å². The summed E-state index contributed by atoms with van der Waals surface area (Å²) in [5.74, 6) is 0.639. The topological polar surface area (TPSA) is 49.0 Å². The third kappa shape index (κ3) is 1.95. The summed E-state index contributed by atoms with van der Waals surface area (Å²) in [6.45, 7) is 0. The summed E-state index contributed by atoms with van der Waals surface area (Å²) in [7, 11) is 3.74. The fraction of sp³-hybridized carbons (Fsp3) is 0.167. The Bertz CT molecular complexity index is 488. The molecule has 2 rings (SSSR count). The molecule has 1 N–H and O–H groups in total. The summed E-state index contributed by atoms with van der Waals surface area (Å²) >= 11 is 0. The number of H-pyrrole nitrogens is 1. The Morgan fingerprint density at radius 3 is 2.50 bits per heavy atom. The molecule has 0 aliphatic carbocycles. The van der Waals surface area contributed by atoms with E-state index in [2.05, 4.69) is 9.97 Å². The van der Waals surface area contributed by atoms with Gasteiger partial charge in [0.25, 0.3) is 0 Å². The number of carbonyl (C=O) groups is 1. The summed E-state index contributed by atoms with van der Waals surface area (Å²) in [5.41, 5.74) is 1.17. The van der Waals surface area contributed by atoms with Gasteiger partial charge in [-0.05, 0) is 0 Å². The van der Waals surface area contributed by atoms with Crippen LogP contribution in [-0.4, -0.2) is 29.8 Å². The number of imidazole rings is 1. The van der Waals surface area contributed by atoms with Crippen LogP contribution in [0.4, 0.5) is 5.95 Å². The van der Waals surface area contributed by atoms with Crippen LogP contribution in [0.1, 0.15) is 16.1 Å². The van der Waals surface area contributed by atoms with E-state index in [0.717, 1.165) is 0 Å². The number of aromatic amines is 1. The molecule has 2 aromatic rings. The maximum atomic E-state index is 12.0. The van der Waals surface area contributed by atoms with Crippen molar-refractivity contribution in [3.8, 4) is 0 Å². The van der Waals surface area contributed by atoms with Crippen molar-refractivity contribution in [3.63, 3.8) is 0 Å². The van der Waals surface area contributed by atoms with Gasteiger partial charge in [0.05, 0.1) is 6.20 Å². The second-order valence-corrected chi connectivity index (χ2v) is 3.71. The minimum atomic E-state index is -0.0406. The molecule has 0 spiro atoms. The second-order valence-electron chi connectivity index (χ2n) is 3.71. The average molecular weight is 215 g/mol. The highest BCUT2D eigenvalue weighted by atomic mass is 16.1. The van der Waals surface area contributed by atoms with E-state index in [9.17, 15) is 4.79 Å². The molecule has 4 heteroatoms. The fourth-order valence-electron chi connectivity index (χ4n) is 1.40. The number of nitrogens with zero attached hydrogens (tertiary/aromatic N) is 2. The van der Waals surface area contributed by atoms with Crippen LogP contribution in [0.5, 0.6) is 0 Å². The van der Waals surface area contributed by atoms with Gasteiger partial charge in [0.2, 0.25) is 11.7 Å². The molecule has 0 unspecified atom stereocenters. The largest absolute Gasteiger partial charge is 0.349 e. The summed E-state index contributed by atoms with van der Waals surface area (Å²) in [6, 6.07) is 9.15. The molecule has 1 aromatic carbocycles. The number of carbonyl (C=O) groups excluding carboxylic acids is 1. The zero-order chi connectivity index (χ0) is 11.5. The molecule has 4 nitrogen and oxygen atoms in total. The Kier molecular flexibility index (Phi) is 2.72. The normalized spacial score (nSPS) is 10.1. The van der Waals surface area contributed by atoms with Crippen molar-refractivity contribution in [2.75, 3.05) is 19.0 Å². The molecule has 1 heterocycles. The predicted molar refractivity (Wildman–Crippen MR) is 62.8 cm³/mol.